The van der Waals surface area contributed by atoms with Crippen LogP contribution in [0.1, 0.15) is 28.2 Å². The number of carbonyl (C=O) groups excluding carboxylic acids is 1. The van der Waals surface area contributed by atoms with Gasteiger partial charge in [-0.3, -0.25) is 9.78 Å². The summed E-state index contributed by atoms with van der Waals surface area (Å²) in [4.78, 5) is 16.8. The van der Waals surface area contributed by atoms with Crippen LogP contribution in [0.2, 0.25) is 0 Å². The van der Waals surface area contributed by atoms with Crippen LogP contribution in [0.3, 0.4) is 0 Å². The Hall–Kier alpha value is -2.88. The van der Waals surface area contributed by atoms with Crippen LogP contribution in [0.25, 0.3) is 5.69 Å². The van der Waals surface area contributed by atoms with Gasteiger partial charge < -0.3 is 9.88 Å². The maximum absolute atomic E-state index is 12.5. The van der Waals surface area contributed by atoms with Crippen LogP contribution in [0.15, 0.2) is 67.0 Å². The normalized spacial score (nSPS) is 10.5. The predicted molar refractivity (Wildman–Crippen MR) is 95.4 cm³/mol. The zero-order valence-electron chi connectivity index (χ0n) is 13.8. The summed E-state index contributed by atoms with van der Waals surface area (Å²) >= 11 is 0. The van der Waals surface area contributed by atoms with Crippen LogP contribution < -0.4 is 5.32 Å². The Labute approximate surface area is 142 Å². The van der Waals surface area contributed by atoms with Gasteiger partial charge in [0.1, 0.15) is 5.69 Å². The number of hydrogen-bond acceptors (Lipinski definition) is 2. The van der Waals surface area contributed by atoms with Crippen molar-refractivity contribution in [3.05, 3.63) is 83.9 Å². The number of aromatic nitrogens is 2. The van der Waals surface area contributed by atoms with Gasteiger partial charge in [-0.2, -0.15) is 0 Å². The van der Waals surface area contributed by atoms with Crippen molar-refractivity contribution < 1.29 is 4.79 Å². The van der Waals surface area contributed by atoms with Crippen molar-refractivity contribution in [3.8, 4) is 5.69 Å². The van der Waals surface area contributed by atoms with Crippen molar-refractivity contribution in [2.75, 3.05) is 6.54 Å². The largest absolute Gasteiger partial charge is 0.351 e. The molecule has 0 fully saturated rings. The van der Waals surface area contributed by atoms with E-state index in [-0.39, 0.29) is 5.91 Å². The van der Waals surface area contributed by atoms with Crippen LogP contribution in [0.4, 0.5) is 0 Å². The van der Waals surface area contributed by atoms with E-state index >= 15 is 0 Å². The average Bonchev–Trinajstić information content (AvgIpc) is 3.09. The molecule has 0 aliphatic rings. The first-order valence-electron chi connectivity index (χ1n) is 8.17. The van der Waals surface area contributed by atoms with Gasteiger partial charge in [0.05, 0.1) is 11.4 Å². The Morgan fingerprint density at radius 2 is 1.92 bits per heavy atom. The molecule has 0 saturated heterocycles. The molecule has 3 aromatic rings. The van der Waals surface area contributed by atoms with Crippen molar-refractivity contribution in [1.82, 2.24) is 14.9 Å². The molecule has 0 bridgehead atoms. The second kappa shape index (κ2) is 7.59. The third-order valence-electron chi connectivity index (χ3n) is 3.99. The zero-order chi connectivity index (χ0) is 16.8. The molecule has 0 aliphatic carbocycles. The van der Waals surface area contributed by atoms with Crippen molar-refractivity contribution >= 4 is 5.91 Å². The van der Waals surface area contributed by atoms with E-state index in [4.69, 9.17) is 0 Å². The number of benzene rings is 1. The highest BCUT2D eigenvalue weighted by Gasteiger charge is 2.12. The molecule has 0 atom stereocenters. The summed E-state index contributed by atoms with van der Waals surface area (Å²) in [6.45, 7) is 2.60. The molecule has 1 aromatic carbocycles. The van der Waals surface area contributed by atoms with Crippen LogP contribution in [0.5, 0.6) is 0 Å². The fourth-order valence-electron chi connectivity index (χ4n) is 2.74. The van der Waals surface area contributed by atoms with Crippen LogP contribution in [0, 0.1) is 6.92 Å². The molecule has 122 valence electrons. The molecule has 24 heavy (non-hydrogen) atoms. The van der Waals surface area contributed by atoms with Crippen LogP contribution in [-0.2, 0) is 6.42 Å². The molecule has 4 nitrogen and oxygen atoms in total. The molecule has 0 saturated carbocycles. The van der Waals surface area contributed by atoms with E-state index in [0.29, 0.717) is 12.2 Å². The summed E-state index contributed by atoms with van der Waals surface area (Å²) in [5.41, 5.74) is 3.75. The number of rotatable bonds is 6. The summed E-state index contributed by atoms with van der Waals surface area (Å²) in [5.74, 6) is -0.0590. The minimum atomic E-state index is -0.0590. The molecule has 0 unspecified atom stereocenters. The van der Waals surface area contributed by atoms with Gasteiger partial charge in [-0.25, -0.2) is 0 Å². The number of hydrogen-bond donors (Lipinski definition) is 1. The first-order chi connectivity index (χ1) is 11.8. The quantitative estimate of drug-likeness (QED) is 0.706. The number of nitrogens with zero attached hydrogens (tertiary/aromatic N) is 2. The lowest BCUT2D eigenvalue weighted by molar-refractivity contribution is 0.0946. The second-order valence-electron chi connectivity index (χ2n) is 5.72. The minimum Gasteiger partial charge on any atom is -0.351 e. The zero-order valence-corrected chi connectivity index (χ0v) is 13.8. The van der Waals surface area contributed by atoms with Gasteiger partial charge in [0.2, 0.25) is 0 Å². The molecule has 1 N–H and O–H groups in total. The van der Waals surface area contributed by atoms with E-state index in [1.807, 2.05) is 60.2 Å². The topological polar surface area (TPSA) is 46.9 Å². The van der Waals surface area contributed by atoms with E-state index in [1.165, 1.54) is 5.56 Å². The Kier molecular flexibility index (Phi) is 5.06. The Morgan fingerprint density at radius 1 is 1.08 bits per heavy atom. The first-order valence-corrected chi connectivity index (χ1v) is 8.17. The van der Waals surface area contributed by atoms with E-state index < -0.39 is 0 Å². The van der Waals surface area contributed by atoms with Gasteiger partial charge in [0, 0.05) is 18.9 Å². The molecule has 0 spiro atoms. The van der Waals surface area contributed by atoms with E-state index in [2.05, 4.69) is 22.4 Å². The maximum atomic E-state index is 12.5. The lowest BCUT2D eigenvalue weighted by Crippen LogP contribution is -2.26. The summed E-state index contributed by atoms with van der Waals surface area (Å²) in [6.07, 6.45) is 5.53. The van der Waals surface area contributed by atoms with Crippen LogP contribution in [-0.4, -0.2) is 22.0 Å². The smallest absolute Gasteiger partial charge is 0.268 e. The maximum Gasteiger partial charge on any atom is 0.268 e. The molecule has 0 aliphatic heterocycles. The number of carbonyl (C=O) groups is 1. The van der Waals surface area contributed by atoms with Crippen molar-refractivity contribution in [3.63, 3.8) is 0 Å². The van der Waals surface area contributed by atoms with Gasteiger partial charge in [-0.1, -0.05) is 30.3 Å². The van der Waals surface area contributed by atoms with Gasteiger partial charge >= 0.3 is 0 Å². The summed E-state index contributed by atoms with van der Waals surface area (Å²) in [7, 11) is 0. The molecule has 0 radical (unpaired) electrons. The summed E-state index contributed by atoms with van der Waals surface area (Å²) in [6, 6.07) is 17.9. The van der Waals surface area contributed by atoms with Gasteiger partial charge in [-0.05, 0) is 49.6 Å². The highest BCUT2D eigenvalue weighted by molar-refractivity contribution is 5.93. The molecular formula is C20H21N3O. The second-order valence-corrected chi connectivity index (χ2v) is 5.72. The fraction of sp³-hybridized carbons (Fsp3) is 0.200. The highest BCUT2D eigenvalue weighted by atomic mass is 16.1. The van der Waals surface area contributed by atoms with E-state index in [9.17, 15) is 4.79 Å². The minimum absolute atomic E-state index is 0.0590. The van der Waals surface area contributed by atoms with Gasteiger partial charge in [0.25, 0.3) is 5.91 Å². The molecular weight excluding hydrogens is 298 g/mol. The predicted octanol–water partition coefficient (Wildman–Crippen LogP) is 3.54. The van der Waals surface area contributed by atoms with Crippen molar-refractivity contribution in [2.45, 2.75) is 19.8 Å². The SMILES string of the molecule is Cc1ncccc1-n1cccc1C(=O)NCCCc1ccccc1. The molecule has 2 heterocycles. The number of aryl methyl sites for hydroxylation is 2. The molecule has 3 rings (SSSR count). The third-order valence-corrected chi connectivity index (χ3v) is 3.99. The number of pyridine rings is 1. The summed E-state index contributed by atoms with van der Waals surface area (Å²) in [5, 5.41) is 3.00. The Morgan fingerprint density at radius 3 is 2.71 bits per heavy atom. The molecule has 2 aromatic heterocycles. The van der Waals surface area contributed by atoms with Gasteiger partial charge in [0.15, 0.2) is 0 Å². The molecule has 4 heteroatoms. The summed E-state index contributed by atoms with van der Waals surface area (Å²) < 4.78 is 1.88. The monoisotopic (exact) mass is 319 g/mol. The van der Waals surface area contributed by atoms with Crippen LogP contribution >= 0.6 is 0 Å². The van der Waals surface area contributed by atoms with E-state index in [1.54, 1.807) is 6.20 Å². The Balaban J connectivity index is 1.60. The van der Waals surface area contributed by atoms with Crippen molar-refractivity contribution in [2.24, 2.45) is 0 Å². The standard InChI is InChI=1S/C20H21N3O/c1-16-18(11-6-13-21-16)23-15-7-12-19(23)20(24)22-14-5-10-17-8-3-2-4-9-17/h2-4,6-9,11-13,15H,5,10,14H2,1H3,(H,22,24). The average molecular weight is 319 g/mol. The molecule has 1 amide bonds. The number of amides is 1. The lowest BCUT2D eigenvalue weighted by atomic mass is 10.1. The lowest BCUT2D eigenvalue weighted by Gasteiger charge is -2.11. The van der Waals surface area contributed by atoms with Crippen molar-refractivity contribution in [1.29, 1.82) is 0 Å². The first kappa shape index (κ1) is 16.0. The number of nitrogens with one attached hydrogen (secondary N) is 1. The van der Waals surface area contributed by atoms with Gasteiger partial charge in [-0.15, -0.1) is 0 Å². The Bertz CT molecular complexity index is 809. The fourth-order valence-corrected chi connectivity index (χ4v) is 2.74. The third kappa shape index (κ3) is 3.71. The van der Waals surface area contributed by atoms with E-state index in [0.717, 1.165) is 24.2 Å². The highest BCUT2D eigenvalue weighted by Crippen LogP contribution is 2.15.